The van der Waals surface area contributed by atoms with Crippen LogP contribution in [0.4, 0.5) is 0 Å². The second-order valence-corrected chi connectivity index (χ2v) is 5.71. The van der Waals surface area contributed by atoms with Crippen molar-refractivity contribution >= 4 is 0 Å². The second-order valence-electron chi connectivity index (χ2n) is 5.71. The van der Waals surface area contributed by atoms with E-state index in [1.54, 1.807) is 0 Å². The van der Waals surface area contributed by atoms with Gasteiger partial charge in [-0.3, -0.25) is 0 Å². The minimum atomic E-state index is -0.718. The molecular formula is C13H22O5. The lowest BCUT2D eigenvalue weighted by Gasteiger charge is -2.40. The van der Waals surface area contributed by atoms with Crippen molar-refractivity contribution in [2.75, 3.05) is 13.2 Å². The monoisotopic (exact) mass is 258 g/mol. The zero-order valence-electron chi connectivity index (χ0n) is 11.4. The van der Waals surface area contributed by atoms with Crippen LogP contribution < -0.4 is 0 Å². The summed E-state index contributed by atoms with van der Waals surface area (Å²) in [6.45, 7) is 11.6. The molecule has 5 nitrogen and oxygen atoms in total. The van der Waals surface area contributed by atoms with Gasteiger partial charge in [0.1, 0.15) is 18.3 Å². The molecule has 3 atom stereocenters. The first-order valence-corrected chi connectivity index (χ1v) is 6.20. The number of aliphatic hydroxyl groups is 1. The van der Waals surface area contributed by atoms with Gasteiger partial charge in [-0.25, -0.2) is 0 Å². The predicted octanol–water partition coefficient (Wildman–Crippen LogP) is 1.21. The number of rotatable bonds is 2. The normalized spacial score (nSPS) is 38.9. The van der Waals surface area contributed by atoms with Crippen molar-refractivity contribution in [3.63, 3.8) is 0 Å². The van der Waals surface area contributed by atoms with Gasteiger partial charge in [-0.05, 0) is 33.3 Å². The average Bonchev–Trinajstić information content (AvgIpc) is 2.57. The third-order valence-corrected chi connectivity index (χ3v) is 3.12. The lowest BCUT2D eigenvalue weighted by atomic mass is 10.0. The summed E-state index contributed by atoms with van der Waals surface area (Å²) in [5, 5.41) is 9.39. The summed E-state index contributed by atoms with van der Waals surface area (Å²) in [6, 6.07) is 0. The molecular weight excluding hydrogens is 236 g/mol. The van der Waals surface area contributed by atoms with E-state index in [2.05, 4.69) is 6.58 Å². The molecule has 2 fully saturated rings. The maximum atomic E-state index is 9.39. The smallest absolute Gasteiger partial charge is 0.164 e. The van der Waals surface area contributed by atoms with Gasteiger partial charge in [0.15, 0.2) is 11.6 Å². The van der Waals surface area contributed by atoms with Crippen LogP contribution in [0.25, 0.3) is 0 Å². The number of hydrogen-bond donors (Lipinski definition) is 1. The van der Waals surface area contributed by atoms with E-state index in [0.29, 0.717) is 6.61 Å². The SMILES string of the molecule is C=C1COC(C)(C)O[C@H]1[C@@H]1OC(C)(C)O[C@H]1CO. The maximum absolute atomic E-state index is 9.39. The van der Waals surface area contributed by atoms with Crippen molar-refractivity contribution < 1.29 is 24.1 Å². The Kier molecular flexibility index (Phi) is 3.55. The average molecular weight is 258 g/mol. The van der Waals surface area contributed by atoms with Crippen molar-refractivity contribution in [1.82, 2.24) is 0 Å². The molecule has 0 aromatic carbocycles. The Hall–Kier alpha value is -0.460. The summed E-state index contributed by atoms with van der Waals surface area (Å²) in [5.41, 5.74) is 0.805. The molecule has 2 aliphatic heterocycles. The summed E-state index contributed by atoms with van der Waals surface area (Å²) in [4.78, 5) is 0. The van der Waals surface area contributed by atoms with Crippen molar-refractivity contribution in [3.05, 3.63) is 12.2 Å². The van der Waals surface area contributed by atoms with Gasteiger partial charge in [0.2, 0.25) is 0 Å². The third kappa shape index (κ3) is 2.75. The van der Waals surface area contributed by atoms with Crippen LogP contribution in [0, 0.1) is 0 Å². The minimum Gasteiger partial charge on any atom is -0.394 e. The molecule has 0 aromatic rings. The first-order valence-electron chi connectivity index (χ1n) is 6.20. The second kappa shape index (κ2) is 4.58. The summed E-state index contributed by atoms with van der Waals surface area (Å²) >= 11 is 0. The maximum Gasteiger partial charge on any atom is 0.164 e. The van der Waals surface area contributed by atoms with Crippen LogP contribution in [0.1, 0.15) is 27.7 Å². The van der Waals surface area contributed by atoms with Crippen LogP contribution in [-0.4, -0.2) is 48.2 Å². The quantitative estimate of drug-likeness (QED) is 0.754. The standard InChI is InChI=1S/C13H22O5/c1-8-7-15-12(2,3)17-10(8)11-9(6-14)16-13(4,5)18-11/h9-11,14H,1,6-7H2,2-5H3/t9-,10+,11+/m0/s1. The molecule has 1 N–H and O–H groups in total. The molecule has 2 heterocycles. The Bertz CT molecular complexity index is 336. The molecule has 5 heteroatoms. The fraction of sp³-hybridized carbons (Fsp3) is 0.846. The summed E-state index contributed by atoms with van der Waals surface area (Å²) < 4.78 is 22.8. The van der Waals surface area contributed by atoms with Gasteiger partial charge in [-0.1, -0.05) is 6.58 Å². The fourth-order valence-electron chi connectivity index (χ4n) is 2.33. The van der Waals surface area contributed by atoms with E-state index in [9.17, 15) is 5.11 Å². The Balaban J connectivity index is 2.16. The Labute approximate surface area is 108 Å². The Morgan fingerprint density at radius 1 is 1.17 bits per heavy atom. The van der Waals surface area contributed by atoms with Gasteiger partial charge in [-0.2, -0.15) is 0 Å². The first-order chi connectivity index (χ1) is 8.24. The molecule has 2 aliphatic rings. The first kappa shape index (κ1) is 14.0. The van der Waals surface area contributed by atoms with Crippen LogP contribution in [0.15, 0.2) is 12.2 Å². The van der Waals surface area contributed by atoms with E-state index in [1.807, 2.05) is 27.7 Å². The molecule has 2 saturated heterocycles. The highest BCUT2D eigenvalue weighted by atomic mass is 16.8. The molecule has 18 heavy (non-hydrogen) atoms. The largest absolute Gasteiger partial charge is 0.394 e. The van der Waals surface area contributed by atoms with Crippen LogP contribution in [0.3, 0.4) is 0 Å². The van der Waals surface area contributed by atoms with E-state index >= 15 is 0 Å². The van der Waals surface area contributed by atoms with E-state index in [1.165, 1.54) is 0 Å². The minimum absolute atomic E-state index is 0.109. The van der Waals surface area contributed by atoms with Gasteiger partial charge in [0, 0.05) is 0 Å². The number of hydrogen-bond acceptors (Lipinski definition) is 5. The van der Waals surface area contributed by atoms with Gasteiger partial charge in [0.05, 0.1) is 13.2 Å². The predicted molar refractivity (Wildman–Crippen MR) is 65.0 cm³/mol. The van der Waals surface area contributed by atoms with Crippen LogP contribution in [-0.2, 0) is 18.9 Å². The van der Waals surface area contributed by atoms with Crippen molar-refractivity contribution in [2.24, 2.45) is 0 Å². The molecule has 0 unspecified atom stereocenters. The molecule has 0 spiro atoms. The Morgan fingerprint density at radius 3 is 2.44 bits per heavy atom. The van der Waals surface area contributed by atoms with E-state index in [4.69, 9.17) is 18.9 Å². The van der Waals surface area contributed by atoms with Gasteiger partial charge < -0.3 is 24.1 Å². The molecule has 0 amide bonds. The van der Waals surface area contributed by atoms with E-state index in [-0.39, 0.29) is 18.8 Å². The molecule has 0 aromatic heterocycles. The fourth-order valence-corrected chi connectivity index (χ4v) is 2.33. The van der Waals surface area contributed by atoms with Crippen molar-refractivity contribution in [2.45, 2.75) is 57.6 Å². The van der Waals surface area contributed by atoms with Crippen LogP contribution in [0.2, 0.25) is 0 Å². The van der Waals surface area contributed by atoms with Crippen LogP contribution >= 0.6 is 0 Å². The van der Waals surface area contributed by atoms with Crippen molar-refractivity contribution in [1.29, 1.82) is 0 Å². The van der Waals surface area contributed by atoms with Crippen LogP contribution in [0.5, 0.6) is 0 Å². The van der Waals surface area contributed by atoms with Gasteiger partial charge in [-0.15, -0.1) is 0 Å². The van der Waals surface area contributed by atoms with Gasteiger partial charge >= 0.3 is 0 Å². The highest BCUT2D eigenvalue weighted by molar-refractivity contribution is 5.11. The molecule has 2 rings (SSSR count). The summed E-state index contributed by atoms with van der Waals surface area (Å²) in [7, 11) is 0. The number of ether oxygens (including phenoxy) is 4. The molecule has 0 radical (unpaired) electrons. The van der Waals surface area contributed by atoms with Crippen molar-refractivity contribution in [3.8, 4) is 0 Å². The zero-order chi connectivity index (χ0) is 13.6. The van der Waals surface area contributed by atoms with E-state index in [0.717, 1.165) is 5.57 Å². The molecule has 0 bridgehead atoms. The lowest BCUT2D eigenvalue weighted by molar-refractivity contribution is -0.272. The Morgan fingerprint density at radius 2 is 1.83 bits per heavy atom. The third-order valence-electron chi connectivity index (χ3n) is 3.12. The summed E-state index contributed by atoms with van der Waals surface area (Å²) in [6.07, 6.45) is -1.09. The number of aliphatic hydroxyl groups excluding tert-OH is 1. The molecule has 0 saturated carbocycles. The zero-order valence-corrected chi connectivity index (χ0v) is 11.4. The lowest BCUT2D eigenvalue weighted by Crippen LogP contribution is -2.50. The molecule has 0 aliphatic carbocycles. The van der Waals surface area contributed by atoms with E-state index < -0.39 is 17.7 Å². The highest BCUT2D eigenvalue weighted by Crippen LogP contribution is 2.36. The molecule has 104 valence electrons. The highest BCUT2D eigenvalue weighted by Gasteiger charge is 2.48. The van der Waals surface area contributed by atoms with Gasteiger partial charge in [0.25, 0.3) is 0 Å². The topological polar surface area (TPSA) is 57.2 Å². The summed E-state index contributed by atoms with van der Waals surface area (Å²) in [5.74, 6) is -1.40.